The summed E-state index contributed by atoms with van der Waals surface area (Å²) < 4.78 is 1.00. The standard InChI is InChI=1S/C18H23N5O3/c24-16(20-13-7-3-1-2-4-8-13)11-19-17(25)12-23-18(26)14-9-5-6-10-15(14)21-22-23/h5-6,9-10,13H,1-4,7-8,11-12H2,(H,19,25)(H,20,24). The third kappa shape index (κ3) is 4.65. The van der Waals surface area contributed by atoms with Crippen LogP contribution in [0.4, 0.5) is 0 Å². The normalized spacial score (nSPS) is 15.4. The van der Waals surface area contributed by atoms with Gasteiger partial charge in [0.05, 0.1) is 11.9 Å². The van der Waals surface area contributed by atoms with E-state index < -0.39 is 5.91 Å². The molecule has 0 spiro atoms. The molecule has 1 aromatic heterocycles. The van der Waals surface area contributed by atoms with Gasteiger partial charge in [0.2, 0.25) is 11.8 Å². The Morgan fingerprint density at radius 2 is 1.81 bits per heavy atom. The molecular weight excluding hydrogens is 334 g/mol. The molecule has 1 aliphatic carbocycles. The van der Waals surface area contributed by atoms with Crippen LogP contribution in [-0.2, 0) is 16.1 Å². The Morgan fingerprint density at radius 1 is 1.08 bits per heavy atom. The van der Waals surface area contributed by atoms with Crippen LogP contribution in [0, 0.1) is 0 Å². The maximum atomic E-state index is 12.3. The minimum Gasteiger partial charge on any atom is -0.352 e. The summed E-state index contributed by atoms with van der Waals surface area (Å²) in [5.41, 5.74) is 0.102. The van der Waals surface area contributed by atoms with Crippen LogP contribution in [-0.4, -0.2) is 39.4 Å². The van der Waals surface area contributed by atoms with Gasteiger partial charge in [-0.2, -0.15) is 0 Å². The maximum absolute atomic E-state index is 12.3. The van der Waals surface area contributed by atoms with E-state index in [1.807, 2.05) is 0 Å². The van der Waals surface area contributed by atoms with Crippen molar-refractivity contribution in [2.24, 2.45) is 0 Å². The predicted octanol–water partition coefficient (Wildman–Crippen LogP) is 0.747. The monoisotopic (exact) mass is 357 g/mol. The fraction of sp³-hybridized carbons (Fsp3) is 0.500. The van der Waals surface area contributed by atoms with E-state index in [0.29, 0.717) is 10.9 Å². The molecular formula is C18H23N5O3. The van der Waals surface area contributed by atoms with Crippen LogP contribution in [0.25, 0.3) is 10.9 Å². The summed E-state index contributed by atoms with van der Waals surface area (Å²) >= 11 is 0. The van der Waals surface area contributed by atoms with E-state index in [9.17, 15) is 14.4 Å². The van der Waals surface area contributed by atoms with Crippen molar-refractivity contribution >= 4 is 22.7 Å². The van der Waals surface area contributed by atoms with Crippen LogP contribution >= 0.6 is 0 Å². The molecule has 1 aliphatic rings. The van der Waals surface area contributed by atoms with Gasteiger partial charge in [0.25, 0.3) is 5.56 Å². The molecule has 0 bridgehead atoms. The van der Waals surface area contributed by atoms with E-state index in [2.05, 4.69) is 20.9 Å². The van der Waals surface area contributed by atoms with Gasteiger partial charge in [0.15, 0.2) is 0 Å². The number of hydrogen-bond donors (Lipinski definition) is 2. The van der Waals surface area contributed by atoms with Crippen molar-refractivity contribution in [1.82, 2.24) is 25.6 Å². The van der Waals surface area contributed by atoms with E-state index in [0.717, 1.165) is 30.4 Å². The van der Waals surface area contributed by atoms with Gasteiger partial charge in [-0.1, -0.05) is 43.0 Å². The first-order chi connectivity index (χ1) is 12.6. The van der Waals surface area contributed by atoms with Gasteiger partial charge in [-0.25, -0.2) is 4.68 Å². The van der Waals surface area contributed by atoms with Gasteiger partial charge < -0.3 is 10.6 Å². The molecule has 8 nitrogen and oxygen atoms in total. The Balaban J connectivity index is 1.52. The molecule has 1 saturated carbocycles. The third-order valence-electron chi connectivity index (χ3n) is 4.59. The molecule has 0 unspecified atom stereocenters. The van der Waals surface area contributed by atoms with Crippen molar-refractivity contribution in [3.05, 3.63) is 34.6 Å². The van der Waals surface area contributed by atoms with Crippen molar-refractivity contribution < 1.29 is 9.59 Å². The zero-order valence-electron chi connectivity index (χ0n) is 14.6. The highest BCUT2D eigenvalue weighted by molar-refractivity contribution is 5.84. The fourth-order valence-corrected chi connectivity index (χ4v) is 3.20. The van der Waals surface area contributed by atoms with Crippen LogP contribution < -0.4 is 16.2 Å². The highest BCUT2D eigenvalue weighted by atomic mass is 16.2. The number of rotatable bonds is 5. The molecule has 2 N–H and O–H groups in total. The Morgan fingerprint density at radius 3 is 2.58 bits per heavy atom. The van der Waals surface area contributed by atoms with Crippen LogP contribution in [0.15, 0.2) is 29.1 Å². The lowest BCUT2D eigenvalue weighted by molar-refractivity contribution is -0.127. The van der Waals surface area contributed by atoms with E-state index in [4.69, 9.17) is 0 Å². The van der Waals surface area contributed by atoms with Crippen LogP contribution in [0.1, 0.15) is 38.5 Å². The van der Waals surface area contributed by atoms with Gasteiger partial charge in [-0.3, -0.25) is 14.4 Å². The summed E-state index contributed by atoms with van der Waals surface area (Å²) in [6.45, 7) is -0.377. The second kappa shape index (κ2) is 8.55. The molecule has 1 aromatic carbocycles. The SMILES string of the molecule is O=C(Cn1nnc2ccccc2c1=O)NCC(=O)NC1CCCCCC1. The second-order valence-electron chi connectivity index (χ2n) is 6.60. The molecule has 0 atom stereocenters. The second-order valence-corrected chi connectivity index (χ2v) is 6.60. The number of amides is 2. The molecule has 138 valence electrons. The molecule has 1 fully saturated rings. The summed E-state index contributed by atoms with van der Waals surface area (Å²) in [6.07, 6.45) is 6.65. The Kier molecular flexibility index (Phi) is 5.93. The lowest BCUT2D eigenvalue weighted by atomic mass is 10.1. The van der Waals surface area contributed by atoms with E-state index in [1.54, 1.807) is 24.3 Å². The van der Waals surface area contributed by atoms with Crippen molar-refractivity contribution in [1.29, 1.82) is 0 Å². The number of carbonyl (C=O) groups excluding carboxylic acids is 2. The van der Waals surface area contributed by atoms with Crippen molar-refractivity contribution in [2.75, 3.05) is 6.54 Å². The predicted molar refractivity (Wildman–Crippen MR) is 96.4 cm³/mol. The quantitative estimate of drug-likeness (QED) is 0.768. The fourth-order valence-electron chi connectivity index (χ4n) is 3.20. The Hall–Kier alpha value is -2.77. The van der Waals surface area contributed by atoms with Crippen molar-refractivity contribution in [3.63, 3.8) is 0 Å². The van der Waals surface area contributed by atoms with Gasteiger partial charge in [-0.15, -0.1) is 5.10 Å². The molecule has 0 saturated heterocycles. The van der Waals surface area contributed by atoms with E-state index in [-0.39, 0.29) is 30.6 Å². The van der Waals surface area contributed by atoms with Crippen LogP contribution in [0.3, 0.4) is 0 Å². The lowest BCUT2D eigenvalue weighted by Gasteiger charge is -2.16. The summed E-state index contributed by atoms with van der Waals surface area (Å²) in [5, 5.41) is 13.6. The molecule has 2 amide bonds. The van der Waals surface area contributed by atoms with Gasteiger partial charge in [0.1, 0.15) is 12.1 Å². The maximum Gasteiger partial charge on any atom is 0.278 e. The molecule has 2 aromatic rings. The molecule has 8 heteroatoms. The third-order valence-corrected chi connectivity index (χ3v) is 4.59. The topological polar surface area (TPSA) is 106 Å². The molecule has 0 radical (unpaired) electrons. The van der Waals surface area contributed by atoms with E-state index >= 15 is 0 Å². The first-order valence-corrected chi connectivity index (χ1v) is 9.02. The van der Waals surface area contributed by atoms with E-state index in [1.165, 1.54) is 12.8 Å². The number of fused-ring (bicyclic) bond motifs is 1. The smallest absolute Gasteiger partial charge is 0.278 e. The summed E-state index contributed by atoms with van der Waals surface area (Å²) in [6, 6.07) is 7.01. The first-order valence-electron chi connectivity index (χ1n) is 9.02. The van der Waals surface area contributed by atoms with Crippen molar-refractivity contribution in [3.8, 4) is 0 Å². The summed E-state index contributed by atoms with van der Waals surface area (Å²) in [5.74, 6) is -0.658. The molecule has 1 heterocycles. The average Bonchev–Trinajstić information content (AvgIpc) is 2.91. The highest BCUT2D eigenvalue weighted by Crippen LogP contribution is 2.16. The number of aromatic nitrogens is 3. The van der Waals surface area contributed by atoms with Gasteiger partial charge in [-0.05, 0) is 25.0 Å². The number of carbonyl (C=O) groups is 2. The number of nitrogens with zero attached hydrogens (tertiary/aromatic N) is 3. The largest absolute Gasteiger partial charge is 0.352 e. The number of hydrogen-bond acceptors (Lipinski definition) is 5. The van der Waals surface area contributed by atoms with Crippen LogP contribution in [0.5, 0.6) is 0 Å². The average molecular weight is 357 g/mol. The highest BCUT2D eigenvalue weighted by Gasteiger charge is 2.15. The zero-order valence-corrected chi connectivity index (χ0v) is 14.6. The molecule has 0 aliphatic heterocycles. The lowest BCUT2D eigenvalue weighted by Crippen LogP contribution is -2.43. The van der Waals surface area contributed by atoms with Crippen molar-refractivity contribution in [2.45, 2.75) is 51.1 Å². The zero-order chi connectivity index (χ0) is 18.4. The summed E-state index contributed by atoms with van der Waals surface area (Å²) in [4.78, 5) is 36.3. The number of nitrogens with one attached hydrogen (secondary N) is 2. The van der Waals surface area contributed by atoms with Gasteiger partial charge in [0, 0.05) is 6.04 Å². The first kappa shape index (κ1) is 18.0. The minimum atomic E-state index is -0.451. The van der Waals surface area contributed by atoms with Gasteiger partial charge >= 0.3 is 0 Å². The Bertz CT molecular complexity index is 840. The Labute approximate surface area is 151 Å². The summed E-state index contributed by atoms with van der Waals surface area (Å²) in [7, 11) is 0. The molecule has 26 heavy (non-hydrogen) atoms. The minimum absolute atomic E-state index is 0.106. The molecule has 3 rings (SSSR count). The van der Waals surface area contributed by atoms with Crippen LogP contribution in [0.2, 0.25) is 0 Å². The number of benzene rings is 1.